The fourth-order valence-electron chi connectivity index (χ4n) is 4.37. The van der Waals surface area contributed by atoms with Crippen molar-refractivity contribution in [2.75, 3.05) is 0 Å². The lowest BCUT2D eigenvalue weighted by Crippen LogP contribution is -2.20. The summed E-state index contributed by atoms with van der Waals surface area (Å²) < 4.78 is 28.9. The zero-order chi connectivity index (χ0) is 16.1. The van der Waals surface area contributed by atoms with Gasteiger partial charge in [0, 0.05) is 12.8 Å². The number of hydrogen-bond acceptors (Lipinski definition) is 0. The zero-order valence-electron chi connectivity index (χ0n) is 14.6. The highest BCUT2D eigenvalue weighted by atomic mass is 19.1. The summed E-state index contributed by atoms with van der Waals surface area (Å²) in [4.78, 5) is 0. The van der Waals surface area contributed by atoms with Gasteiger partial charge in [-0.3, -0.25) is 0 Å². The minimum absolute atomic E-state index is 0.00633. The molecule has 0 nitrogen and oxygen atoms in total. The Balaban J connectivity index is 2.10. The summed E-state index contributed by atoms with van der Waals surface area (Å²) >= 11 is 0. The van der Waals surface area contributed by atoms with Gasteiger partial charge in [0.15, 0.2) is 0 Å². The minimum atomic E-state index is -0.0407. The molecular weight excluding hydrogens is 278 g/mol. The molecular formula is C20H32F2. The second-order valence-corrected chi connectivity index (χ2v) is 7.46. The lowest BCUT2D eigenvalue weighted by Gasteiger charge is -2.32. The average Bonchev–Trinajstić information content (AvgIpc) is 2.48. The Morgan fingerprint density at radius 2 is 1.45 bits per heavy atom. The summed E-state index contributed by atoms with van der Waals surface area (Å²) in [5.41, 5.74) is 1.45. The van der Waals surface area contributed by atoms with E-state index in [1.165, 1.54) is 25.7 Å². The second kappa shape index (κ2) is 8.26. The molecule has 126 valence electrons. The van der Waals surface area contributed by atoms with Crippen LogP contribution >= 0.6 is 0 Å². The fraction of sp³-hybridized carbons (Fsp3) is 0.800. The zero-order valence-corrected chi connectivity index (χ0v) is 14.6. The van der Waals surface area contributed by atoms with E-state index in [1.54, 1.807) is 0 Å². The van der Waals surface area contributed by atoms with Crippen LogP contribution in [-0.4, -0.2) is 0 Å². The monoisotopic (exact) mass is 310 g/mol. The van der Waals surface area contributed by atoms with Gasteiger partial charge in [-0.25, -0.2) is 8.78 Å². The van der Waals surface area contributed by atoms with Gasteiger partial charge >= 0.3 is 0 Å². The Bertz CT molecular complexity index is 427. The summed E-state index contributed by atoms with van der Waals surface area (Å²) in [6, 6.07) is 0. The molecule has 0 aliphatic heterocycles. The average molecular weight is 310 g/mol. The Hall–Kier alpha value is -0.660. The van der Waals surface area contributed by atoms with Gasteiger partial charge in [-0.2, -0.15) is 0 Å². The van der Waals surface area contributed by atoms with Crippen LogP contribution in [0.2, 0.25) is 0 Å². The predicted octanol–water partition coefficient (Wildman–Crippen LogP) is 7.27. The van der Waals surface area contributed by atoms with Crippen LogP contribution < -0.4 is 0 Å². The van der Waals surface area contributed by atoms with Crippen molar-refractivity contribution in [3.63, 3.8) is 0 Å². The van der Waals surface area contributed by atoms with Crippen molar-refractivity contribution in [3.8, 4) is 0 Å². The summed E-state index contributed by atoms with van der Waals surface area (Å²) in [6.45, 7) is 6.51. The van der Waals surface area contributed by atoms with Crippen LogP contribution in [-0.2, 0) is 0 Å². The molecule has 2 unspecified atom stereocenters. The first kappa shape index (κ1) is 17.7. The number of rotatable bonds is 6. The summed E-state index contributed by atoms with van der Waals surface area (Å²) in [5.74, 6) is 1.47. The molecule has 2 aliphatic rings. The van der Waals surface area contributed by atoms with Gasteiger partial charge in [0.2, 0.25) is 0 Å². The topological polar surface area (TPSA) is 0 Å². The van der Waals surface area contributed by atoms with Crippen molar-refractivity contribution in [1.82, 2.24) is 0 Å². The second-order valence-electron chi connectivity index (χ2n) is 7.46. The summed E-state index contributed by atoms with van der Waals surface area (Å²) in [5, 5.41) is 0. The Morgan fingerprint density at radius 3 is 1.95 bits per heavy atom. The molecule has 0 saturated carbocycles. The Labute approximate surface area is 135 Å². The largest absolute Gasteiger partial charge is 0.212 e. The maximum atomic E-state index is 14.7. The van der Waals surface area contributed by atoms with Gasteiger partial charge in [-0.1, -0.05) is 46.5 Å². The third-order valence-corrected chi connectivity index (χ3v) is 5.63. The molecule has 22 heavy (non-hydrogen) atoms. The fourth-order valence-corrected chi connectivity index (χ4v) is 4.37. The van der Waals surface area contributed by atoms with Crippen molar-refractivity contribution in [3.05, 3.63) is 22.8 Å². The lowest BCUT2D eigenvalue weighted by atomic mass is 9.74. The van der Waals surface area contributed by atoms with Gasteiger partial charge < -0.3 is 0 Å². The smallest absolute Gasteiger partial charge is 0.104 e. The van der Waals surface area contributed by atoms with Crippen LogP contribution in [0.3, 0.4) is 0 Å². The highest BCUT2D eigenvalue weighted by Crippen LogP contribution is 2.44. The van der Waals surface area contributed by atoms with Crippen molar-refractivity contribution in [2.45, 2.75) is 85.0 Å². The molecule has 0 heterocycles. The maximum Gasteiger partial charge on any atom is 0.104 e. The molecule has 2 heteroatoms. The standard InChI is InChI=1S/C20H32F2/c1-4-6-15(7-5-2)16-9-11-18(20(22)13-16)17-10-8-14(3)12-19(17)21/h14-16H,4-13H2,1-3H3. The Kier molecular flexibility index (Phi) is 6.65. The lowest BCUT2D eigenvalue weighted by molar-refractivity contribution is 0.245. The molecule has 0 saturated heterocycles. The number of allylic oxidation sites excluding steroid dienone is 4. The van der Waals surface area contributed by atoms with E-state index in [4.69, 9.17) is 0 Å². The molecule has 2 rings (SSSR count). The van der Waals surface area contributed by atoms with E-state index in [0.717, 1.165) is 36.8 Å². The van der Waals surface area contributed by atoms with Gasteiger partial charge in [0.1, 0.15) is 11.7 Å². The normalized spacial score (nSPS) is 27.0. The van der Waals surface area contributed by atoms with E-state index in [-0.39, 0.29) is 11.7 Å². The summed E-state index contributed by atoms with van der Waals surface area (Å²) in [7, 11) is 0. The molecule has 0 N–H and O–H groups in total. The molecule has 2 aliphatic carbocycles. The SMILES string of the molecule is CCCC(CCC)C1CCC(C2=C(F)CC(C)CC2)=C(F)C1. The van der Waals surface area contributed by atoms with E-state index in [1.807, 2.05) is 0 Å². The Morgan fingerprint density at radius 1 is 0.909 bits per heavy atom. The molecule has 0 amide bonds. The highest BCUT2D eigenvalue weighted by Gasteiger charge is 2.30. The van der Waals surface area contributed by atoms with Crippen LogP contribution in [0.15, 0.2) is 22.8 Å². The summed E-state index contributed by atoms with van der Waals surface area (Å²) in [6.07, 6.45) is 9.33. The molecule has 0 fully saturated rings. The molecule has 2 atom stereocenters. The molecule has 0 radical (unpaired) electrons. The molecule has 0 bridgehead atoms. The molecule has 0 spiro atoms. The predicted molar refractivity (Wildman–Crippen MR) is 89.9 cm³/mol. The molecule has 0 aromatic rings. The van der Waals surface area contributed by atoms with Crippen LogP contribution in [0.5, 0.6) is 0 Å². The third-order valence-electron chi connectivity index (χ3n) is 5.63. The van der Waals surface area contributed by atoms with Crippen LogP contribution in [0.4, 0.5) is 8.78 Å². The first-order chi connectivity index (χ1) is 10.6. The molecule has 0 aromatic heterocycles. The first-order valence-electron chi connectivity index (χ1n) is 9.32. The van der Waals surface area contributed by atoms with Crippen molar-refractivity contribution in [1.29, 1.82) is 0 Å². The van der Waals surface area contributed by atoms with Gasteiger partial charge in [0.05, 0.1) is 0 Å². The van der Waals surface area contributed by atoms with Crippen molar-refractivity contribution in [2.24, 2.45) is 17.8 Å². The quantitative estimate of drug-likeness (QED) is 0.484. The maximum absolute atomic E-state index is 14.7. The van der Waals surface area contributed by atoms with E-state index in [2.05, 4.69) is 20.8 Å². The minimum Gasteiger partial charge on any atom is -0.212 e. The third kappa shape index (κ3) is 4.20. The van der Waals surface area contributed by atoms with Gasteiger partial charge in [-0.15, -0.1) is 0 Å². The van der Waals surface area contributed by atoms with Gasteiger partial charge in [-0.05, 0) is 54.6 Å². The highest BCUT2D eigenvalue weighted by molar-refractivity contribution is 5.38. The van der Waals surface area contributed by atoms with Crippen LogP contribution in [0, 0.1) is 17.8 Å². The van der Waals surface area contributed by atoms with Crippen molar-refractivity contribution < 1.29 is 8.78 Å². The van der Waals surface area contributed by atoms with E-state index < -0.39 is 0 Å². The van der Waals surface area contributed by atoms with E-state index >= 15 is 0 Å². The molecule has 0 aromatic carbocycles. The number of hydrogen-bond donors (Lipinski definition) is 0. The van der Waals surface area contributed by atoms with Gasteiger partial charge in [0.25, 0.3) is 0 Å². The van der Waals surface area contributed by atoms with E-state index in [0.29, 0.717) is 30.6 Å². The van der Waals surface area contributed by atoms with Crippen molar-refractivity contribution >= 4 is 0 Å². The number of halogens is 2. The van der Waals surface area contributed by atoms with Crippen LogP contribution in [0.1, 0.15) is 85.0 Å². The van der Waals surface area contributed by atoms with Crippen LogP contribution in [0.25, 0.3) is 0 Å². The van der Waals surface area contributed by atoms with E-state index in [9.17, 15) is 8.78 Å². The first-order valence-corrected chi connectivity index (χ1v) is 9.32.